The molecule has 0 aliphatic carbocycles. The van der Waals surface area contributed by atoms with Crippen molar-refractivity contribution in [3.63, 3.8) is 0 Å². The summed E-state index contributed by atoms with van der Waals surface area (Å²) in [6.45, 7) is 7.37. The van der Waals surface area contributed by atoms with E-state index in [1.165, 1.54) is 23.2 Å². The maximum atomic E-state index is 16.2. The average molecular weight is 736 g/mol. The zero-order valence-electron chi connectivity index (χ0n) is 30.7. The number of anilines is 1. The number of fused-ring (bicyclic) bond motifs is 4. The molecule has 0 bridgehead atoms. The quantitative estimate of drug-likeness (QED) is 0.146. The van der Waals surface area contributed by atoms with Crippen LogP contribution in [0.15, 0.2) is 67.5 Å². The number of carbonyl (C=O) groups is 2. The standard InChI is InChI=1S/C41H42FN5O7/c1-5-41(2,3)54-40(52)44-22-13-16-46(20-22)39(51)29-21-47-31-18-26-27(36(49)25-11-7-6-10-24(25)35(26)48)19-32(31)53-38-33(30(42)17-28(34(38)47)37(29)50)43-14-12-23-9-8-15-45(23)4/h6-7,10-11,17-19,21-23,43H,5,8-9,12-16,20H2,1-4H3,(H,44,52). The molecule has 2 aliphatic heterocycles. The number of benzene rings is 4. The molecule has 54 heavy (non-hydrogen) atoms. The summed E-state index contributed by atoms with van der Waals surface area (Å²) in [6.07, 6.45) is 4.78. The van der Waals surface area contributed by atoms with Gasteiger partial charge in [0.05, 0.1) is 16.9 Å². The Kier molecular flexibility index (Phi) is 8.79. The van der Waals surface area contributed by atoms with Gasteiger partial charge >= 0.3 is 6.09 Å². The summed E-state index contributed by atoms with van der Waals surface area (Å²) in [7, 11) is 2.07. The predicted octanol–water partition coefficient (Wildman–Crippen LogP) is 5.83. The number of alkyl carbamates (subject to hydrolysis) is 1. The highest BCUT2D eigenvalue weighted by Gasteiger charge is 2.32. The summed E-state index contributed by atoms with van der Waals surface area (Å²) in [4.78, 5) is 72.1. The number of hydrogen-bond donors (Lipinski definition) is 2. The Balaban J connectivity index is 1.27. The van der Waals surface area contributed by atoms with E-state index in [1.807, 2.05) is 20.8 Å². The van der Waals surface area contributed by atoms with E-state index in [1.54, 1.807) is 28.7 Å². The van der Waals surface area contributed by atoms with Crippen LogP contribution in [0.4, 0.5) is 14.9 Å². The third kappa shape index (κ3) is 6.00. The van der Waals surface area contributed by atoms with Crippen molar-refractivity contribution in [3.05, 3.63) is 90.7 Å². The summed E-state index contributed by atoms with van der Waals surface area (Å²) < 4.78 is 29.7. The first-order chi connectivity index (χ1) is 25.8. The molecule has 13 heteroatoms. The highest BCUT2D eigenvalue weighted by atomic mass is 19.1. The maximum absolute atomic E-state index is 16.2. The highest BCUT2D eigenvalue weighted by Crippen LogP contribution is 2.35. The molecule has 2 aromatic heterocycles. The first-order valence-electron chi connectivity index (χ1n) is 18.5. The minimum atomic E-state index is -0.730. The van der Waals surface area contributed by atoms with E-state index in [0.29, 0.717) is 30.9 Å². The van der Waals surface area contributed by atoms with Gasteiger partial charge in [-0.25, -0.2) is 9.18 Å². The lowest BCUT2D eigenvalue weighted by Gasteiger charge is -2.24. The number of hydrogen-bond acceptors (Lipinski definition) is 9. The molecule has 0 saturated carbocycles. The molecule has 4 aromatic carbocycles. The Morgan fingerprint density at radius 2 is 1.69 bits per heavy atom. The van der Waals surface area contributed by atoms with E-state index in [2.05, 4.69) is 22.6 Å². The first kappa shape index (κ1) is 35.5. The molecule has 12 nitrogen and oxygen atoms in total. The SMILES string of the molecule is CCC(C)(C)OC(=O)NC1CCN(C(=O)c2cn3c4cc5c(=O)c6ccccc6c(=O)c5cc4oc4c(NCCC5CCCN5C)c(F)cc(c2=O)c43)C1. The van der Waals surface area contributed by atoms with Crippen molar-refractivity contribution in [1.82, 2.24) is 19.5 Å². The van der Waals surface area contributed by atoms with Crippen LogP contribution in [0.5, 0.6) is 0 Å². The number of ether oxygens (including phenoxy) is 1. The lowest BCUT2D eigenvalue weighted by atomic mass is 10.0. The van der Waals surface area contributed by atoms with Crippen LogP contribution in [0.3, 0.4) is 0 Å². The Morgan fingerprint density at radius 1 is 0.963 bits per heavy atom. The number of likely N-dealkylation sites (tertiary alicyclic amines) is 2. The zero-order valence-corrected chi connectivity index (χ0v) is 30.7. The van der Waals surface area contributed by atoms with Crippen LogP contribution in [0.25, 0.3) is 49.1 Å². The molecule has 280 valence electrons. The molecule has 2 N–H and O–H groups in total. The Labute approximate surface area is 308 Å². The molecule has 2 unspecified atom stereocenters. The van der Waals surface area contributed by atoms with Crippen LogP contribution in [-0.4, -0.2) is 77.1 Å². The van der Waals surface area contributed by atoms with Crippen molar-refractivity contribution >= 4 is 66.8 Å². The van der Waals surface area contributed by atoms with Crippen LogP contribution in [0.2, 0.25) is 0 Å². The number of halogens is 1. The van der Waals surface area contributed by atoms with Crippen LogP contribution < -0.4 is 26.9 Å². The normalized spacial score (nSPS) is 18.1. The maximum Gasteiger partial charge on any atom is 0.407 e. The van der Waals surface area contributed by atoms with Crippen molar-refractivity contribution in [1.29, 1.82) is 0 Å². The Bertz CT molecular complexity index is 2690. The summed E-state index contributed by atoms with van der Waals surface area (Å²) >= 11 is 0. The molecule has 2 amide bonds. The van der Waals surface area contributed by atoms with E-state index < -0.39 is 34.9 Å². The second-order valence-corrected chi connectivity index (χ2v) is 15.2. The van der Waals surface area contributed by atoms with Gasteiger partial charge in [0, 0.05) is 53.4 Å². The number of carbonyl (C=O) groups excluding carboxylic acids is 2. The molecular weight excluding hydrogens is 693 g/mol. The molecule has 0 spiro atoms. The van der Waals surface area contributed by atoms with Gasteiger partial charge < -0.3 is 34.0 Å². The fourth-order valence-corrected chi connectivity index (χ4v) is 7.99. The van der Waals surface area contributed by atoms with Crippen molar-refractivity contribution < 1.29 is 23.1 Å². The summed E-state index contributed by atoms with van der Waals surface area (Å²) in [5.41, 5.74) is -1.46. The lowest BCUT2D eigenvalue weighted by molar-refractivity contribution is 0.0343. The molecular formula is C41H42FN5O7. The number of nitrogens with zero attached hydrogens (tertiary/aromatic N) is 3. The van der Waals surface area contributed by atoms with Gasteiger partial charge in [0.1, 0.15) is 22.4 Å². The topological polar surface area (TPSA) is 143 Å². The summed E-state index contributed by atoms with van der Waals surface area (Å²) in [5.74, 6) is -1.32. The van der Waals surface area contributed by atoms with Gasteiger partial charge in [-0.2, -0.15) is 0 Å². The van der Waals surface area contributed by atoms with E-state index in [-0.39, 0.29) is 78.8 Å². The van der Waals surface area contributed by atoms with Crippen molar-refractivity contribution in [2.75, 3.05) is 38.5 Å². The first-order valence-corrected chi connectivity index (χ1v) is 18.5. The minimum Gasteiger partial charge on any atom is -0.451 e. The van der Waals surface area contributed by atoms with Gasteiger partial charge in [-0.15, -0.1) is 0 Å². The average Bonchev–Trinajstić information content (AvgIpc) is 3.79. The summed E-state index contributed by atoms with van der Waals surface area (Å²) in [5, 5.41) is 6.79. The molecule has 2 fully saturated rings. The molecule has 0 radical (unpaired) electrons. The number of rotatable bonds is 8. The van der Waals surface area contributed by atoms with E-state index in [9.17, 15) is 24.0 Å². The third-order valence-electron chi connectivity index (χ3n) is 11.4. The number of nitrogens with one attached hydrogen (secondary N) is 2. The second kappa shape index (κ2) is 13.4. The van der Waals surface area contributed by atoms with Gasteiger partial charge in [-0.1, -0.05) is 31.2 Å². The molecule has 8 rings (SSSR count). The molecule has 4 heterocycles. The van der Waals surface area contributed by atoms with Gasteiger partial charge in [0.15, 0.2) is 27.8 Å². The number of amides is 2. The Hall–Kier alpha value is -5.56. The monoisotopic (exact) mass is 735 g/mol. The molecule has 2 saturated heterocycles. The predicted molar refractivity (Wildman–Crippen MR) is 207 cm³/mol. The largest absolute Gasteiger partial charge is 0.451 e. The fourth-order valence-electron chi connectivity index (χ4n) is 7.99. The van der Waals surface area contributed by atoms with E-state index >= 15 is 4.39 Å². The smallest absolute Gasteiger partial charge is 0.407 e. The minimum absolute atomic E-state index is 0.0438. The fraction of sp³-hybridized carbons (Fsp3) is 0.390. The van der Waals surface area contributed by atoms with Crippen molar-refractivity contribution in [2.24, 2.45) is 0 Å². The molecule has 6 aromatic rings. The van der Waals surface area contributed by atoms with Crippen molar-refractivity contribution in [2.45, 2.75) is 70.6 Å². The second-order valence-electron chi connectivity index (χ2n) is 15.2. The van der Waals surface area contributed by atoms with E-state index in [0.717, 1.165) is 31.9 Å². The third-order valence-corrected chi connectivity index (χ3v) is 11.4. The highest BCUT2D eigenvalue weighted by molar-refractivity contribution is 6.08. The summed E-state index contributed by atoms with van der Waals surface area (Å²) in [6, 6.07) is 10.7. The van der Waals surface area contributed by atoms with Gasteiger partial charge in [0.2, 0.25) is 5.43 Å². The van der Waals surface area contributed by atoms with Crippen LogP contribution in [0.1, 0.15) is 63.2 Å². The van der Waals surface area contributed by atoms with Crippen molar-refractivity contribution in [3.8, 4) is 0 Å². The lowest BCUT2D eigenvalue weighted by Crippen LogP contribution is -2.42. The Morgan fingerprint density at radius 3 is 2.37 bits per heavy atom. The van der Waals surface area contributed by atoms with Gasteiger partial charge in [-0.05, 0) is 77.7 Å². The number of aromatic nitrogens is 1. The van der Waals surface area contributed by atoms with Crippen LogP contribution in [-0.2, 0) is 4.74 Å². The van der Waals surface area contributed by atoms with Gasteiger partial charge in [-0.3, -0.25) is 19.2 Å². The molecule has 2 atom stereocenters. The number of pyridine rings is 1. The van der Waals surface area contributed by atoms with Crippen LogP contribution >= 0.6 is 0 Å². The molecule has 2 aliphatic rings. The van der Waals surface area contributed by atoms with E-state index in [4.69, 9.17) is 9.15 Å². The van der Waals surface area contributed by atoms with Crippen LogP contribution in [0, 0.1) is 5.82 Å². The van der Waals surface area contributed by atoms with Gasteiger partial charge in [0.25, 0.3) is 5.91 Å². The zero-order chi connectivity index (χ0) is 38.1.